The van der Waals surface area contributed by atoms with Crippen molar-refractivity contribution >= 4 is 13.7 Å². The van der Waals surface area contributed by atoms with Crippen molar-refractivity contribution in [2.75, 3.05) is 40.9 Å². The van der Waals surface area contributed by atoms with Gasteiger partial charge in [-0.15, -0.1) is 0 Å². The first kappa shape index (κ1) is 71.9. The van der Waals surface area contributed by atoms with Crippen LogP contribution in [-0.4, -0.2) is 68.5 Å². The third-order valence-corrected chi connectivity index (χ3v) is 13.9. The summed E-state index contributed by atoms with van der Waals surface area (Å²) in [6, 6.07) is -0.917. The molecule has 0 aromatic rings. The molecule has 3 unspecified atom stereocenters. The number of nitrogens with zero attached hydrogens (tertiary/aromatic N) is 1. The second-order valence-corrected chi connectivity index (χ2v) is 22.7. The molecule has 8 nitrogen and oxygen atoms in total. The number of hydrogen-bond acceptors (Lipinski definition) is 6. The molecular formula is C66H115N2O6P. The van der Waals surface area contributed by atoms with Crippen LogP contribution < -0.4 is 10.2 Å². The summed E-state index contributed by atoms with van der Waals surface area (Å²) in [5.74, 6) is -0.220. The normalized spacial score (nSPS) is 14.7. The molecule has 3 atom stereocenters. The molecule has 0 saturated heterocycles. The minimum atomic E-state index is -4.62. The van der Waals surface area contributed by atoms with Gasteiger partial charge in [0, 0.05) is 6.42 Å². The number of likely N-dealkylation sites (N-methyl/N-ethyl adjacent to an activating group) is 1. The van der Waals surface area contributed by atoms with Gasteiger partial charge in [-0.3, -0.25) is 9.36 Å². The zero-order chi connectivity index (χ0) is 54.9. The lowest BCUT2D eigenvalue weighted by Gasteiger charge is -2.29. The number of phosphoric acid groups is 1. The van der Waals surface area contributed by atoms with Gasteiger partial charge in [0.25, 0.3) is 7.82 Å². The molecule has 430 valence electrons. The average Bonchev–Trinajstić information content (AvgIpc) is 3.37. The van der Waals surface area contributed by atoms with Crippen LogP contribution >= 0.6 is 7.82 Å². The molecule has 0 aliphatic heterocycles. The quantitative estimate of drug-likeness (QED) is 0.0272. The van der Waals surface area contributed by atoms with Crippen molar-refractivity contribution in [1.29, 1.82) is 0 Å². The van der Waals surface area contributed by atoms with Crippen LogP contribution in [0.5, 0.6) is 0 Å². The van der Waals surface area contributed by atoms with Crippen LogP contribution in [0.15, 0.2) is 122 Å². The number of aliphatic hydroxyl groups is 1. The molecule has 0 aromatic heterocycles. The molecule has 0 radical (unpaired) electrons. The summed E-state index contributed by atoms with van der Waals surface area (Å²) in [4.78, 5) is 25.5. The van der Waals surface area contributed by atoms with Gasteiger partial charge in [-0.1, -0.05) is 257 Å². The highest BCUT2D eigenvalue weighted by atomic mass is 31.2. The first-order valence-corrected chi connectivity index (χ1v) is 31.9. The van der Waals surface area contributed by atoms with Crippen molar-refractivity contribution < 1.29 is 32.9 Å². The van der Waals surface area contributed by atoms with Gasteiger partial charge in [-0.25, -0.2) is 0 Å². The number of rotatable bonds is 54. The number of carbonyl (C=O) groups is 1. The van der Waals surface area contributed by atoms with E-state index < -0.39 is 26.6 Å². The molecule has 0 rings (SSSR count). The number of aliphatic hydroxyl groups excluding tert-OH is 1. The molecule has 0 aliphatic rings. The van der Waals surface area contributed by atoms with Crippen LogP contribution in [0.4, 0.5) is 0 Å². The largest absolute Gasteiger partial charge is 0.756 e. The Morgan fingerprint density at radius 2 is 0.827 bits per heavy atom. The van der Waals surface area contributed by atoms with Gasteiger partial charge < -0.3 is 28.8 Å². The maximum Gasteiger partial charge on any atom is 0.268 e. The van der Waals surface area contributed by atoms with Gasteiger partial charge >= 0.3 is 0 Å². The molecular weight excluding hydrogens is 948 g/mol. The summed E-state index contributed by atoms with van der Waals surface area (Å²) in [6.45, 7) is 4.51. The Kier molecular flexibility index (Phi) is 53.3. The summed E-state index contributed by atoms with van der Waals surface area (Å²) in [7, 11) is 1.22. The smallest absolute Gasteiger partial charge is 0.268 e. The van der Waals surface area contributed by atoms with E-state index in [2.05, 4.69) is 129 Å². The standard InChI is InChI=1S/C66H115N2O6P/c1-6-8-10-12-14-16-18-20-22-24-26-28-29-30-31-32-33-34-35-36-37-38-39-40-42-44-46-48-50-52-54-56-58-60-66(70)67-64(63-74-75(71,72)73-62-61-68(3,4)5)65(69)59-57-55-53-51-49-47-45-43-41-27-25-23-21-19-17-15-13-11-9-7-2/h8,10,14,16,20,22,26,28,30-31,33-34,36-37,39-40,49,51,57,59,64-65,69H,6-7,9,11-13,15,17-19,21,23-25,27,29,32,35,38,41-48,50,52-56,58,60-63H2,1-5H3,(H-,67,70,71,72)/b10-8-,16-14-,22-20-,28-26-,31-30-,34-33-,37-36-,40-39-,51-49+,59-57+. The predicted molar refractivity (Wildman–Crippen MR) is 325 cm³/mol. The van der Waals surface area contributed by atoms with Crippen LogP contribution in [-0.2, 0) is 18.4 Å². The van der Waals surface area contributed by atoms with Gasteiger partial charge in [0.2, 0.25) is 5.91 Å². The third kappa shape index (κ3) is 58.4. The van der Waals surface area contributed by atoms with Crippen molar-refractivity contribution in [3.05, 3.63) is 122 Å². The lowest BCUT2D eigenvalue weighted by Crippen LogP contribution is -2.45. The third-order valence-electron chi connectivity index (χ3n) is 12.9. The summed E-state index contributed by atoms with van der Waals surface area (Å²) in [5.41, 5.74) is 0. The number of carbonyl (C=O) groups excluding carboxylic acids is 1. The molecule has 0 heterocycles. The maximum absolute atomic E-state index is 13.0. The van der Waals surface area contributed by atoms with E-state index in [1.165, 1.54) is 116 Å². The van der Waals surface area contributed by atoms with E-state index in [4.69, 9.17) is 9.05 Å². The Labute approximate surface area is 463 Å². The van der Waals surface area contributed by atoms with Crippen LogP contribution in [0, 0.1) is 0 Å². The van der Waals surface area contributed by atoms with Gasteiger partial charge in [0.05, 0.1) is 39.9 Å². The summed E-state index contributed by atoms with van der Waals surface area (Å²) < 4.78 is 23.3. The van der Waals surface area contributed by atoms with E-state index in [-0.39, 0.29) is 12.5 Å². The fourth-order valence-electron chi connectivity index (χ4n) is 8.18. The SMILES string of the molecule is CC/C=C\C/C=C\C/C=C\C/C=C\C/C=C\C/C=C\C/C=C\C/C=C\CCCCCCCCCCC(=O)NC(COP(=O)([O-])OCC[N+](C)(C)C)C(O)/C=C/CC/C=C/CCCCCCCCCCCCCCCC. The van der Waals surface area contributed by atoms with Crippen LogP contribution in [0.1, 0.15) is 239 Å². The average molecular weight is 1060 g/mol. The van der Waals surface area contributed by atoms with Crippen molar-refractivity contribution in [1.82, 2.24) is 5.32 Å². The van der Waals surface area contributed by atoms with Crippen molar-refractivity contribution in [2.45, 2.75) is 251 Å². The fourth-order valence-corrected chi connectivity index (χ4v) is 8.91. The highest BCUT2D eigenvalue weighted by Crippen LogP contribution is 2.38. The minimum absolute atomic E-state index is 0.0141. The lowest BCUT2D eigenvalue weighted by atomic mass is 10.0. The number of allylic oxidation sites excluding steroid dienone is 19. The van der Waals surface area contributed by atoms with Crippen LogP contribution in [0.2, 0.25) is 0 Å². The molecule has 0 fully saturated rings. The molecule has 1 amide bonds. The molecule has 9 heteroatoms. The number of hydrogen-bond donors (Lipinski definition) is 2. The number of quaternary nitrogens is 1. The van der Waals surface area contributed by atoms with Gasteiger partial charge in [-0.2, -0.15) is 0 Å². The molecule has 0 saturated carbocycles. The first-order valence-electron chi connectivity index (χ1n) is 30.4. The highest BCUT2D eigenvalue weighted by Gasteiger charge is 2.23. The zero-order valence-electron chi connectivity index (χ0n) is 49.0. The number of nitrogens with one attached hydrogen (secondary N) is 1. The van der Waals surface area contributed by atoms with Gasteiger partial charge in [0.15, 0.2) is 0 Å². The monoisotopic (exact) mass is 1060 g/mol. The van der Waals surface area contributed by atoms with Crippen molar-refractivity contribution in [3.8, 4) is 0 Å². The van der Waals surface area contributed by atoms with Crippen LogP contribution in [0.25, 0.3) is 0 Å². The van der Waals surface area contributed by atoms with E-state index in [0.717, 1.165) is 103 Å². The Bertz CT molecular complexity index is 1630. The fraction of sp³-hybridized carbons (Fsp3) is 0.682. The summed E-state index contributed by atoms with van der Waals surface area (Å²) in [6.07, 6.45) is 82.8. The maximum atomic E-state index is 13.0. The second kappa shape index (κ2) is 55.6. The number of unbranched alkanes of at least 4 members (excludes halogenated alkanes) is 23. The van der Waals surface area contributed by atoms with E-state index in [1.54, 1.807) is 6.08 Å². The highest BCUT2D eigenvalue weighted by molar-refractivity contribution is 7.45. The molecule has 2 N–H and O–H groups in total. The summed E-state index contributed by atoms with van der Waals surface area (Å²) in [5, 5.41) is 13.9. The first-order chi connectivity index (χ1) is 36.5. The Morgan fingerprint density at radius 3 is 1.24 bits per heavy atom. The Morgan fingerprint density at radius 1 is 0.480 bits per heavy atom. The molecule has 0 aliphatic carbocycles. The Hall–Kier alpha value is -3.10. The van der Waals surface area contributed by atoms with Gasteiger partial charge in [-0.05, 0) is 96.3 Å². The van der Waals surface area contributed by atoms with E-state index in [0.29, 0.717) is 17.4 Å². The molecule has 0 aromatic carbocycles. The lowest BCUT2D eigenvalue weighted by molar-refractivity contribution is -0.870. The van der Waals surface area contributed by atoms with E-state index >= 15 is 0 Å². The van der Waals surface area contributed by atoms with Gasteiger partial charge in [0.1, 0.15) is 13.2 Å². The molecule has 0 bridgehead atoms. The number of amides is 1. The minimum Gasteiger partial charge on any atom is -0.756 e. The summed E-state index contributed by atoms with van der Waals surface area (Å²) >= 11 is 0. The van der Waals surface area contributed by atoms with E-state index in [9.17, 15) is 19.4 Å². The van der Waals surface area contributed by atoms with Crippen molar-refractivity contribution in [2.24, 2.45) is 0 Å². The topological polar surface area (TPSA) is 108 Å². The number of phosphoric ester groups is 1. The second-order valence-electron chi connectivity index (χ2n) is 21.3. The van der Waals surface area contributed by atoms with Crippen LogP contribution in [0.3, 0.4) is 0 Å². The van der Waals surface area contributed by atoms with E-state index in [1.807, 2.05) is 27.2 Å². The molecule has 75 heavy (non-hydrogen) atoms. The van der Waals surface area contributed by atoms with Crippen molar-refractivity contribution in [3.63, 3.8) is 0 Å². The molecule has 0 spiro atoms. The Balaban J connectivity index is 4.26. The zero-order valence-corrected chi connectivity index (χ0v) is 49.8. The predicted octanol–water partition coefficient (Wildman–Crippen LogP) is 18.3.